The largest absolute Gasteiger partial charge is 0.507 e. The Morgan fingerprint density at radius 2 is 1.41 bits per heavy atom. The third-order valence-electron chi connectivity index (χ3n) is 1.28. The molecule has 0 aliphatic heterocycles. The molecule has 0 aromatic heterocycles. The van der Waals surface area contributed by atoms with Crippen LogP contribution in [0.2, 0.25) is 0 Å². The van der Waals surface area contributed by atoms with Crippen molar-refractivity contribution in [3.63, 3.8) is 0 Å². The predicted molar refractivity (Wildman–Crippen MR) is 71.8 cm³/mol. The lowest BCUT2D eigenvalue weighted by Crippen LogP contribution is -2.30. The minimum absolute atomic E-state index is 0.0129. The lowest BCUT2D eigenvalue weighted by molar-refractivity contribution is -0.138. The number of hydrogen-bond acceptors (Lipinski definition) is 5. The van der Waals surface area contributed by atoms with Gasteiger partial charge in [-0.2, -0.15) is 0 Å². The van der Waals surface area contributed by atoms with Crippen LogP contribution < -0.4 is 17.2 Å². The highest BCUT2D eigenvalue weighted by atomic mass is 31.2. The van der Waals surface area contributed by atoms with Crippen molar-refractivity contribution >= 4 is 27.7 Å². The first-order valence-corrected chi connectivity index (χ1v) is 8.08. The van der Waals surface area contributed by atoms with Gasteiger partial charge in [0, 0.05) is 6.54 Å². The molecular weight excluding hydrogens is 356 g/mol. The van der Waals surface area contributed by atoms with Gasteiger partial charge in [-0.05, 0) is 12.8 Å². The SMILES string of the molecule is NC(N)=NCCCC(N)C(=O)O.O=P(O)(O)F.O=P(O)(O)F. The minimum Gasteiger partial charge on any atom is -0.480 e. The fraction of sp³-hybridized carbons (Fsp3) is 0.667. The highest BCUT2D eigenvalue weighted by molar-refractivity contribution is 7.46. The van der Waals surface area contributed by atoms with Gasteiger partial charge in [0.15, 0.2) is 5.96 Å². The quantitative estimate of drug-likeness (QED) is 0.120. The number of hydrogen-bond donors (Lipinski definition) is 8. The Balaban J connectivity index is -0.000000298. The first-order chi connectivity index (χ1) is 9.54. The summed E-state index contributed by atoms with van der Waals surface area (Å²) in [5, 5.41) is 8.38. The fourth-order valence-electron chi connectivity index (χ4n) is 0.643. The molecule has 0 saturated heterocycles. The Hall–Kier alpha value is -1.14. The van der Waals surface area contributed by atoms with Crippen LogP contribution in [-0.4, -0.2) is 49.2 Å². The van der Waals surface area contributed by atoms with E-state index in [4.69, 9.17) is 51.0 Å². The molecule has 0 aromatic carbocycles. The molecule has 0 rings (SSSR count). The number of carbonyl (C=O) groups is 1. The van der Waals surface area contributed by atoms with E-state index in [-0.39, 0.29) is 5.96 Å². The topological polar surface area (TPSA) is 243 Å². The zero-order chi connectivity index (χ0) is 18.6. The van der Waals surface area contributed by atoms with Gasteiger partial charge < -0.3 is 22.3 Å². The van der Waals surface area contributed by atoms with Crippen LogP contribution in [0.5, 0.6) is 0 Å². The lowest BCUT2D eigenvalue weighted by Gasteiger charge is -2.03. The molecule has 0 saturated carbocycles. The van der Waals surface area contributed by atoms with Crippen molar-refractivity contribution in [3.8, 4) is 0 Å². The fourth-order valence-corrected chi connectivity index (χ4v) is 0.643. The Morgan fingerprint density at radius 3 is 1.64 bits per heavy atom. The molecule has 12 nitrogen and oxygen atoms in total. The van der Waals surface area contributed by atoms with Gasteiger partial charge >= 0.3 is 21.8 Å². The summed E-state index contributed by atoms with van der Waals surface area (Å²) >= 11 is 0. The highest BCUT2D eigenvalue weighted by Crippen LogP contribution is 2.35. The molecule has 1 atom stereocenters. The third kappa shape index (κ3) is 61.9. The van der Waals surface area contributed by atoms with Gasteiger partial charge in [0.25, 0.3) is 0 Å². The van der Waals surface area contributed by atoms with Gasteiger partial charge in [0.05, 0.1) is 0 Å². The first-order valence-electron chi connectivity index (χ1n) is 5.08. The summed E-state index contributed by atoms with van der Waals surface area (Å²) in [6, 6.07) is -0.820. The molecule has 1 unspecified atom stereocenters. The number of nitrogens with zero attached hydrogens (tertiary/aromatic N) is 1. The number of carboxylic acid groups (broad SMARTS) is 1. The summed E-state index contributed by atoms with van der Waals surface area (Å²) in [5.74, 6) is -0.987. The monoisotopic (exact) mass is 374 g/mol. The average molecular weight is 374 g/mol. The number of aliphatic imine (C=N–C) groups is 1. The van der Waals surface area contributed by atoms with E-state index >= 15 is 0 Å². The van der Waals surface area contributed by atoms with E-state index in [1.807, 2.05) is 0 Å². The van der Waals surface area contributed by atoms with Gasteiger partial charge in [-0.1, -0.05) is 0 Å². The van der Waals surface area contributed by atoms with Gasteiger partial charge in [-0.25, -0.2) is 9.13 Å². The smallest absolute Gasteiger partial charge is 0.480 e. The second-order valence-electron chi connectivity index (χ2n) is 3.34. The number of rotatable bonds is 5. The summed E-state index contributed by atoms with van der Waals surface area (Å²) in [6.45, 7) is 0.420. The molecule has 11 N–H and O–H groups in total. The van der Waals surface area contributed by atoms with Crippen LogP contribution in [0, 0.1) is 0 Å². The maximum Gasteiger partial charge on any atom is 0.507 e. The Morgan fingerprint density at radius 1 is 1.09 bits per heavy atom. The second kappa shape index (κ2) is 12.4. The predicted octanol–water partition coefficient (Wildman–Crippen LogP) is -1.45. The molecular formula is C6H18F2N4O8P2. The van der Waals surface area contributed by atoms with Crippen molar-refractivity contribution < 1.29 is 47.0 Å². The van der Waals surface area contributed by atoms with Crippen molar-refractivity contribution in [1.82, 2.24) is 0 Å². The van der Waals surface area contributed by atoms with Crippen LogP contribution in [0.15, 0.2) is 4.99 Å². The van der Waals surface area contributed by atoms with Crippen molar-refractivity contribution in [1.29, 1.82) is 0 Å². The van der Waals surface area contributed by atoms with Gasteiger partial charge in [0.2, 0.25) is 0 Å². The average Bonchev–Trinajstić information content (AvgIpc) is 2.18. The van der Waals surface area contributed by atoms with Crippen LogP contribution in [0.25, 0.3) is 0 Å². The summed E-state index contributed by atoms with van der Waals surface area (Å²) in [6.07, 6.45) is 0.956. The van der Waals surface area contributed by atoms with Crippen LogP contribution in [0.1, 0.15) is 12.8 Å². The molecule has 0 spiro atoms. The Labute approximate surface area is 123 Å². The Kier molecular flexibility index (Phi) is 14.5. The zero-order valence-electron chi connectivity index (χ0n) is 11.0. The van der Waals surface area contributed by atoms with Crippen LogP contribution in [0.3, 0.4) is 0 Å². The van der Waals surface area contributed by atoms with Gasteiger partial charge in [0.1, 0.15) is 6.04 Å². The molecule has 0 fully saturated rings. The summed E-state index contributed by atoms with van der Waals surface area (Å²) < 4.78 is 38.0. The molecule has 0 radical (unpaired) electrons. The molecule has 16 heteroatoms. The van der Waals surface area contributed by atoms with Crippen molar-refractivity contribution in [2.45, 2.75) is 18.9 Å². The molecule has 22 heavy (non-hydrogen) atoms. The second-order valence-corrected chi connectivity index (χ2v) is 5.23. The Bertz CT molecular complexity index is 398. The minimum atomic E-state index is -5.14. The number of guanidine groups is 1. The number of halogens is 2. The first kappa shape index (κ1) is 25.8. The molecule has 0 heterocycles. The van der Waals surface area contributed by atoms with E-state index in [0.717, 1.165) is 0 Å². The van der Waals surface area contributed by atoms with E-state index in [9.17, 15) is 13.2 Å². The molecule has 0 amide bonds. The number of carboxylic acids is 1. The van der Waals surface area contributed by atoms with E-state index in [2.05, 4.69) is 4.99 Å². The van der Waals surface area contributed by atoms with Crippen molar-refractivity contribution in [2.75, 3.05) is 6.54 Å². The number of aliphatic carboxylic acids is 1. The van der Waals surface area contributed by atoms with Crippen LogP contribution in [0.4, 0.5) is 8.39 Å². The molecule has 0 bridgehead atoms. The lowest BCUT2D eigenvalue weighted by atomic mass is 10.2. The van der Waals surface area contributed by atoms with E-state index < -0.39 is 27.8 Å². The summed E-state index contributed by atoms with van der Waals surface area (Å²) in [5.41, 5.74) is 15.3. The van der Waals surface area contributed by atoms with Crippen molar-refractivity contribution in [3.05, 3.63) is 0 Å². The van der Waals surface area contributed by atoms with Gasteiger partial charge in [-0.3, -0.25) is 29.4 Å². The molecule has 0 aliphatic rings. The summed E-state index contributed by atoms with van der Waals surface area (Å²) in [7, 11) is -10.3. The van der Waals surface area contributed by atoms with Crippen LogP contribution >= 0.6 is 15.8 Å². The maximum atomic E-state index is 10.4. The van der Waals surface area contributed by atoms with E-state index in [0.29, 0.717) is 19.4 Å². The number of nitrogens with two attached hydrogens (primary N) is 3. The molecule has 134 valence electrons. The molecule has 0 aliphatic carbocycles. The van der Waals surface area contributed by atoms with Crippen molar-refractivity contribution in [2.24, 2.45) is 22.2 Å². The van der Waals surface area contributed by atoms with Crippen LogP contribution in [-0.2, 0) is 13.9 Å². The highest BCUT2D eigenvalue weighted by Gasteiger charge is 2.09. The normalized spacial score (nSPS) is 12.0. The van der Waals surface area contributed by atoms with Gasteiger partial charge in [-0.15, -0.1) is 8.39 Å². The van der Waals surface area contributed by atoms with E-state index in [1.54, 1.807) is 0 Å². The summed E-state index contributed by atoms with van der Waals surface area (Å²) in [4.78, 5) is 41.8. The van der Waals surface area contributed by atoms with E-state index in [1.165, 1.54) is 0 Å². The zero-order valence-corrected chi connectivity index (χ0v) is 12.8. The maximum absolute atomic E-state index is 10.4. The molecule has 0 aromatic rings. The third-order valence-corrected chi connectivity index (χ3v) is 1.28. The standard InChI is InChI=1S/C6H14N4O2.2FH2O3P/c7-4(5(11)12)2-1-3-10-6(8)9;2*1-5(2,3)4/h4H,1-3,7H2,(H,11,12)(H4,8,9,10);2*(H2,2,3,4).